The van der Waals surface area contributed by atoms with Gasteiger partial charge in [0.15, 0.2) is 0 Å². The highest BCUT2D eigenvalue weighted by atomic mass is 79.9. The van der Waals surface area contributed by atoms with Crippen LogP contribution in [-0.2, 0) is 9.59 Å². The Morgan fingerprint density at radius 2 is 1.53 bits per heavy atom. The molecule has 4 aromatic carbocycles. The number of benzene rings is 4. The first-order valence-corrected chi connectivity index (χ1v) is 13.8. The van der Waals surface area contributed by atoms with Crippen LogP contribution in [0.1, 0.15) is 15.9 Å². The predicted molar refractivity (Wildman–Crippen MR) is 168 cm³/mol. The lowest BCUT2D eigenvalue weighted by Crippen LogP contribution is -2.33. The van der Waals surface area contributed by atoms with Crippen LogP contribution in [0.5, 0.6) is 5.75 Å². The van der Waals surface area contributed by atoms with Crippen LogP contribution in [0.15, 0.2) is 119 Å². The lowest BCUT2D eigenvalue weighted by Gasteiger charge is -2.11. The highest BCUT2D eigenvalue weighted by molar-refractivity contribution is 9.10. The Bertz CT molecular complexity index is 1790. The standard InChI is InChI=1S/C32H25BrN6O4/c1-43-26-17-11-21(12-18-26)29-22(20-39(38-29)25-7-3-2-4-8-25)19-34-37-32(42)31(41)36-28-10-6-5-9-27(28)30(40)35-24-15-13-23(33)14-16-24/h2-20H,1H3,(H,35,40)(H,36,41)(H,37,42)/b34-19-. The summed E-state index contributed by atoms with van der Waals surface area (Å²) >= 11 is 3.35. The third-order valence-corrected chi connectivity index (χ3v) is 6.75. The van der Waals surface area contributed by atoms with Gasteiger partial charge in [0.05, 0.1) is 30.3 Å². The van der Waals surface area contributed by atoms with Crippen LogP contribution in [0, 0.1) is 0 Å². The third kappa shape index (κ3) is 7.21. The maximum Gasteiger partial charge on any atom is 0.329 e. The Morgan fingerprint density at radius 1 is 0.837 bits per heavy atom. The molecule has 0 atom stereocenters. The molecule has 43 heavy (non-hydrogen) atoms. The van der Waals surface area contributed by atoms with Crippen molar-refractivity contribution in [3.8, 4) is 22.7 Å². The molecule has 0 saturated carbocycles. The van der Waals surface area contributed by atoms with Gasteiger partial charge in [-0.25, -0.2) is 10.1 Å². The summed E-state index contributed by atoms with van der Waals surface area (Å²) in [6.07, 6.45) is 3.18. The van der Waals surface area contributed by atoms with E-state index >= 15 is 0 Å². The second-order valence-corrected chi connectivity index (χ2v) is 10.0. The van der Waals surface area contributed by atoms with Gasteiger partial charge in [-0.2, -0.15) is 10.2 Å². The maximum atomic E-state index is 12.9. The predicted octanol–water partition coefficient (Wildman–Crippen LogP) is 5.65. The molecule has 0 saturated heterocycles. The number of halogens is 1. The Labute approximate surface area is 255 Å². The topological polar surface area (TPSA) is 127 Å². The molecule has 3 amide bonds. The van der Waals surface area contributed by atoms with Gasteiger partial charge in [-0.1, -0.05) is 46.3 Å². The Kier molecular flexibility index (Phi) is 9.03. The van der Waals surface area contributed by atoms with E-state index in [0.717, 1.165) is 15.7 Å². The van der Waals surface area contributed by atoms with E-state index in [9.17, 15) is 14.4 Å². The van der Waals surface area contributed by atoms with Gasteiger partial charge in [0.25, 0.3) is 5.91 Å². The van der Waals surface area contributed by atoms with Gasteiger partial charge in [0, 0.05) is 27.5 Å². The summed E-state index contributed by atoms with van der Waals surface area (Å²) in [6, 6.07) is 30.3. The minimum Gasteiger partial charge on any atom is -0.497 e. The molecular weight excluding hydrogens is 612 g/mol. The Balaban J connectivity index is 1.29. The fraction of sp³-hybridized carbons (Fsp3) is 0.0312. The van der Waals surface area contributed by atoms with Crippen molar-refractivity contribution in [3.63, 3.8) is 0 Å². The summed E-state index contributed by atoms with van der Waals surface area (Å²) in [7, 11) is 1.59. The largest absolute Gasteiger partial charge is 0.497 e. The number of ether oxygens (including phenoxy) is 1. The number of hydrazone groups is 1. The molecule has 0 aliphatic rings. The van der Waals surface area contributed by atoms with Gasteiger partial charge in [-0.05, 0) is 72.8 Å². The number of para-hydroxylation sites is 2. The first-order chi connectivity index (χ1) is 20.9. The Morgan fingerprint density at radius 3 is 2.26 bits per heavy atom. The molecule has 0 aliphatic carbocycles. The molecule has 5 aromatic rings. The van der Waals surface area contributed by atoms with Gasteiger partial charge >= 0.3 is 11.8 Å². The third-order valence-electron chi connectivity index (χ3n) is 6.22. The molecular formula is C32H25BrN6O4. The van der Waals surface area contributed by atoms with E-state index in [1.165, 1.54) is 12.3 Å². The highest BCUT2D eigenvalue weighted by Gasteiger charge is 2.18. The van der Waals surface area contributed by atoms with E-state index in [2.05, 4.69) is 37.1 Å². The zero-order valence-electron chi connectivity index (χ0n) is 22.8. The van der Waals surface area contributed by atoms with E-state index in [-0.39, 0.29) is 11.3 Å². The van der Waals surface area contributed by atoms with Crippen LogP contribution in [0.2, 0.25) is 0 Å². The summed E-state index contributed by atoms with van der Waals surface area (Å²) in [5.41, 5.74) is 6.04. The second-order valence-electron chi connectivity index (χ2n) is 9.10. The van der Waals surface area contributed by atoms with E-state index < -0.39 is 17.7 Å². The first kappa shape index (κ1) is 29.0. The summed E-state index contributed by atoms with van der Waals surface area (Å²) in [5.74, 6) is -1.75. The molecule has 1 aromatic heterocycles. The summed E-state index contributed by atoms with van der Waals surface area (Å²) < 4.78 is 7.83. The zero-order chi connectivity index (χ0) is 30.2. The number of rotatable bonds is 8. The van der Waals surface area contributed by atoms with Crippen molar-refractivity contribution in [2.45, 2.75) is 0 Å². The van der Waals surface area contributed by atoms with Crippen molar-refractivity contribution < 1.29 is 19.1 Å². The van der Waals surface area contributed by atoms with Crippen molar-refractivity contribution in [2.24, 2.45) is 5.10 Å². The molecule has 0 bridgehead atoms. The minimum absolute atomic E-state index is 0.173. The number of nitrogens with zero attached hydrogens (tertiary/aromatic N) is 3. The number of anilines is 2. The van der Waals surface area contributed by atoms with Crippen LogP contribution in [-0.4, -0.2) is 40.8 Å². The van der Waals surface area contributed by atoms with Crippen LogP contribution in [0.3, 0.4) is 0 Å². The minimum atomic E-state index is -1.01. The molecule has 10 nitrogen and oxygen atoms in total. The monoisotopic (exact) mass is 636 g/mol. The van der Waals surface area contributed by atoms with Crippen LogP contribution < -0.4 is 20.8 Å². The number of methoxy groups -OCH3 is 1. The van der Waals surface area contributed by atoms with Crippen molar-refractivity contribution >= 4 is 51.2 Å². The molecule has 5 rings (SSSR count). The normalized spacial score (nSPS) is 10.7. The average Bonchev–Trinajstić information content (AvgIpc) is 3.47. The number of aromatic nitrogens is 2. The van der Waals surface area contributed by atoms with Gasteiger partial charge in [-0.3, -0.25) is 14.4 Å². The molecule has 0 unspecified atom stereocenters. The molecule has 0 aliphatic heterocycles. The van der Waals surface area contributed by atoms with Crippen molar-refractivity contribution in [1.29, 1.82) is 0 Å². The van der Waals surface area contributed by atoms with E-state index in [0.29, 0.717) is 22.7 Å². The molecule has 1 heterocycles. The molecule has 0 radical (unpaired) electrons. The van der Waals surface area contributed by atoms with E-state index in [4.69, 9.17) is 9.84 Å². The Hall–Kier alpha value is -5.55. The molecule has 11 heteroatoms. The molecule has 0 fully saturated rings. The zero-order valence-corrected chi connectivity index (χ0v) is 24.4. The van der Waals surface area contributed by atoms with Gasteiger partial charge in [0.2, 0.25) is 0 Å². The lowest BCUT2D eigenvalue weighted by molar-refractivity contribution is -0.136. The van der Waals surface area contributed by atoms with Crippen LogP contribution in [0.25, 0.3) is 16.9 Å². The summed E-state index contributed by atoms with van der Waals surface area (Å²) in [4.78, 5) is 38.2. The van der Waals surface area contributed by atoms with Crippen LogP contribution in [0.4, 0.5) is 11.4 Å². The second kappa shape index (κ2) is 13.4. The van der Waals surface area contributed by atoms with Gasteiger partial charge in [0.1, 0.15) is 11.4 Å². The maximum absolute atomic E-state index is 12.9. The number of hydrogen-bond acceptors (Lipinski definition) is 6. The number of amides is 3. The smallest absolute Gasteiger partial charge is 0.329 e. The SMILES string of the molecule is COc1ccc(-c2nn(-c3ccccc3)cc2/C=N\NC(=O)C(=O)Nc2ccccc2C(=O)Nc2ccc(Br)cc2)cc1. The number of carbonyl (C=O) groups excluding carboxylic acids is 3. The molecule has 214 valence electrons. The highest BCUT2D eigenvalue weighted by Crippen LogP contribution is 2.25. The molecule has 0 spiro atoms. The number of nitrogens with one attached hydrogen (secondary N) is 3. The van der Waals surface area contributed by atoms with E-state index in [1.807, 2.05) is 54.6 Å². The average molecular weight is 637 g/mol. The van der Waals surface area contributed by atoms with Crippen molar-refractivity contribution in [2.75, 3.05) is 17.7 Å². The molecule has 3 N–H and O–H groups in total. The van der Waals surface area contributed by atoms with Crippen molar-refractivity contribution in [1.82, 2.24) is 15.2 Å². The van der Waals surface area contributed by atoms with E-state index in [1.54, 1.807) is 60.5 Å². The fourth-order valence-electron chi connectivity index (χ4n) is 4.08. The van der Waals surface area contributed by atoms with Crippen molar-refractivity contribution in [3.05, 3.63) is 125 Å². The fourth-order valence-corrected chi connectivity index (χ4v) is 4.34. The number of carbonyl (C=O) groups is 3. The number of hydrogen-bond donors (Lipinski definition) is 3. The van der Waals surface area contributed by atoms with Crippen LogP contribution >= 0.6 is 15.9 Å². The first-order valence-electron chi connectivity index (χ1n) is 13.0. The lowest BCUT2D eigenvalue weighted by atomic mass is 10.1. The summed E-state index contributed by atoms with van der Waals surface area (Å²) in [6.45, 7) is 0. The quantitative estimate of drug-likeness (QED) is 0.115. The van der Waals surface area contributed by atoms with Gasteiger partial charge < -0.3 is 15.4 Å². The summed E-state index contributed by atoms with van der Waals surface area (Å²) in [5, 5.41) is 14.0. The van der Waals surface area contributed by atoms with Gasteiger partial charge in [-0.15, -0.1) is 0 Å².